The second kappa shape index (κ2) is 7.61. The zero-order valence-electron chi connectivity index (χ0n) is 17.9. The maximum absolute atomic E-state index is 13.3. The van der Waals surface area contributed by atoms with Crippen molar-refractivity contribution in [1.29, 1.82) is 0 Å². The van der Waals surface area contributed by atoms with Crippen LogP contribution in [0, 0.1) is 0 Å². The lowest BCUT2D eigenvalue weighted by molar-refractivity contribution is 0.0206. The minimum Gasteiger partial charge on any atom is -0.486 e. The van der Waals surface area contributed by atoms with Crippen molar-refractivity contribution < 1.29 is 14.2 Å². The molecule has 2 aliphatic rings. The van der Waals surface area contributed by atoms with Crippen LogP contribution < -0.4 is 15.0 Å². The quantitative estimate of drug-likeness (QED) is 0.671. The molecular formula is C21H26N6O4. The number of hydrogen-bond acceptors (Lipinski definition) is 8. The fourth-order valence-electron chi connectivity index (χ4n) is 4.14. The highest BCUT2D eigenvalue weighted by Gasteiger charge is 2.34. The first-order chi connectivity index (χ1) is 14.9. The monoisotopic (exact) mass is 426 g/mol. The molecule has 1 saturated heterocycles. The van der Waals surface area contributed by atoms with Gasteiger partial charge in [0.25, 0.3) is 5.56 Å². The molecule has 0 bridgehead atoms. The van der Waals surface area contributed by atoms with Crippen LogP contribution in [0.15, 0.2) is 23.0 Å². The van der Waals surface area contributed by atoms with E-state index in [1.165, 1.54) is 0 Å². The van der Waals surface area contributed by atoms with Crippen molar-refractivity contribution in [2.24, 2.45) is 0 Å². The van der Waals surface area contributed by atoms with Gasteiger partial charge in [0.05, 0.1) is 24.3 Å². The smallest absolute Gasteiger partial charge is 0.253 e. The molecule has 164 valence electrons. The Morgan fingerprint density at radius 3 is 2.45 bits per heavy atom. The molecule has 5 rings (SSSR count). The molecule has 2 aliphatic heterocycles. The first kappa shape index (κ1) is 20.0. The molecule has 0 aliphatic carbocycles. The van der Waals surface area contributed by atoms with Crippen LogP contribution in [-0.4, -0.2) is 69.6 Å². The average molecular weight is 426 g/mol. The van der Waals surface area contributed by atoms with Gasteiger partial charge in [-0.1, -0.05) is 0 Å². The van der Waals surface area contributed by atoms with Crippen LogP contribution in [0.5, 0.6) is 11.5 Å². The summed E-state index contributed by atoms with van der Waals surface area (Å²) in [4.78, 5) is 18.5. The average Bonchev–Trinajstić information content (AvgIpc) is 3.24. The molecule has 31 heavy (non-hydrogen) atoms. The zero-order valence-corrected chi connectivity index (χ0v) is 17.9. The number of hydrogen-bond donors (Lipinski definition) is 1. The van der Waals surface area contributed by atoms with E-state index in [-0.39, 0.29) is 11.1 Å². The van der Waals surface area contributed by atoms with E-state index in [1.807, 2.05) is 39.0 Å². The van der Waals surface area contributed by atoms with E-state index >= 15 is 0 Å². The molecule has 10 heteroatoms. The van der Waals surface area contributed by atoms with Crippen LogP contribution in [0.3, 0.4) is 0 Å². The van der Waals surface area contributed by atoms with Gasteiger partial charge >= 0.3 is 0 Å². The number of aromatic nitrogens is 5. The summed E-state index contributed by atoms with van der Waals surface area (Å²) in [5.74, 6) is 1.96. The Kier molecular flexibility index (Phi) is 4.90. The van der Waals surface area contributed by atoms with Gasteiger partial charge < -0.3 is 19.2 Å². The van der Waals surface area contributed by atoms with Gasteiger partial charge in [0, 0.05) is 30.1 Å². The van der Waals surface area contributed by atoms with Crippen LogP contribution in [0.4, 0.5) is 0 Å². The summed E-state index contributed by atoms with van der Waals surface area (Å²) in [5, 5.41) is 13.4. The maximum atomic E-state index is 13.3. The predicted molar refractivity (Wildman–Crippen MR) is 113 cm³/mol. The summed E-state index contributed by atoms with van der Waals surface area (Å²) < 4.78 is 18.7. The number of H-pyrrole nitrogens is 1. The van der Waals surface area contributed by atoms with E-state index in [1.54, 1.807) is 4.68 Å². The number of tetrazole rings is 1. The molecule has 3 aromatic rings. The van der Waals surface area contributed by atoms with Crippen LogP contribution >= 0.6 is 0 Å². The van der Waals surface area contributed by atoms with Crippen LogP contribution in [-0.2, 0) is 10.3 Å². The lowest BCUT2D eigenvalue weighted by Crippen LogP contribution is -2.43. The highest BCUT2D eigenvalue weighted by molar-refractivity contribution is 5.83. The molecule has 10 nitrogen and oxygen atoms in total. The molecule has 1 unspecified atom stereocenters. The van der Waals surface area contributed by atoms with E-state index < -0.39 is 6.04 Å². The Morgan fingerprint density at radius 1 is 1.03 bits per heavy atom. The Balaban J connectivity index is 1.68. The number of fused-ring (bicyclic) bond motifs is 2. The summed E-state index contributed by atoms with van der Waals surface area (Å²) in [7, 11) is 0. The third kappa shape index (κ3) is 3.66. The van der Waals surface area contributed by atoms with Gasteiger partial charge in [0.15, 0.2) is 17.3 Å². The van der Waals surface area contributed by atoms with E-state index in [9.17, 15) is 4.79 Å². The molecule has 4 heterocycles. The van der Waals surface area contributed by atoms with Gasteiger partial charge in [-0.3, -0.25) is 9.69 Å². The highest BCUT2D eigenvalue weighted by Crippen LogP contribution is 2.35. The Bertz CT molecular complexity index is 1160. The zero-order chi connectivity index (χ0) is 21.6. The van der Waals surface area contributed by atoms with Crippen molar-refractivity contribution in [3.63, 3.8) is 0 Å². The molecule has 2 aromatic heterocycles. The van der Waals surface area contributed by atoms with Crippen molar-refractivity contribution in [3.05, 3.63) is 39.9 Å². The van der Waals surface area contributed by atoms with Gasteiger partial charge in [-0.05, 0) is 43.3 Å². The summed E-state index contributed by atoms with van der Waals surface area (Å²) in [6, 6.07) is 5.23. The number of benzene rings is 1. The Labute approximate surface area is 179 Å². The molecule has 1 N–H and O–H groups in total. The summed E-state index contributed by atoms with van der Waals surface area (Å²) in [5.41, 5.74) is 0.779. The van der Waals surface area contributed by atoms with Gasteiger partial charge in [0.2, 0.25) is 0 Å². The number of rotatable bonds is 3. The number of ether oxygens (including phenoxy) is 3. The number of morpholine rings is 1. The number of nitrogens with zero attached hydrogens (tertiary/aromatic N) is 5. The molecule has 1 atom stereocenters. The van der Waals surface area contributed by atoms with E-state index in [4.69, 9.17) is 14.2 Å². The summed E-state index contributed by atoms with van der Waals surface area (Å²) in [6.07, 6.45) is 0. The first-order valence-electron chi connectivity index (χ1n) is 10.5. The molecule has 0 amide bonds. The minimum atomic E-state index is -0.403. The lowest BCUT2D eigenvalue weighted by atomic mass is 10.0. The van der Waals surface area contributed by atoms with Crippen molar-refractivity contribution in [2.75, 3.05) is 39.5 Å². The van der Waals surface area contributed by atoms with Gasteiger partial charge in [-0.15, -0.1) is 5.10 Å². The van der Waals surface area contributed by atoms with E-state index in [0.717, 1.165) is 5.39 Å². The fraction of sp³-hybridized carbons (Fsp3) is 0.524. The van der Waals surface area contributed by atoms with Gasteiger partial charge in [-0.2, -0.15) is 0 Å². The van der Waals surface area contributed by atoms with Gasteiger partial charge in [-0.25, -0.2) is 4.68 Å². The fourth-order valence-corrected chi connectivity index (χ4v) is 4.14. The van der Waals surface area contributed by atoms with Crippen LogP contribution in [0.1, 0.15) is 38.2 Å². The molecular weight excluding hydrogens is 400 g/mol. The third-order valence-electron chi connectivity index (χ3n) is 5.61. The first-order valence-corrected chi connectivity index (χ1v) is 10.5. The molecule has 0 spiro atoms. The lowest BCUT2D eigenvalue weighted by Gasteiger charge is -2.34. The van der Waals surface area contributed by atoms with Crippen LogP contribution in [0.2, 0.25) is 0 Å². The van der Waals surface area contributed by atoms with E-state index in [2.05, 4.69) is 25.4 Å². The topological polar surface area (TPSA) is 107 Å². The minimum absolute atomic E-state index is 0.177. The third-order valence-corrected chi connectivity index (χ3v) is 5.61. The normalized spacial score (nSPS) is 18.3. The number of pyridine rings is 1. The summed E-state index contributed by atoms with van der Waals surface area (Å²) in [6.45, 7) is 9.67. The van der Waals surface area contributed by atoms with E-state index in [0.29, 0.717) is 67.9 Å². The largest absolute Gasteiger partial charge is 0.486 e. The Morgan fingerprint density at radius 2 is 1.74 bits per heavy atom. The standard InChI is InChI=1S/C21H26N6O4/c1-21(2,3)27-19(23-24-25-27)18(26-4-6-29-7-5-26)14-10-13-11-16-17(31-9-8-30-16)12-15(13)22-20(14)28/h10-12,18H,4-9H2,1-3H3,(H,22,28). The second-order valence-electron chi connectivity index (χ2n) is 8.81. The Hall–Kier alpha value is -2.98. The number of nitrogens with one attached hydrogen (secondary N) is 1. The van der Waals surface area contributed by atoms with Gasteiger partial charge in [0.1, 0.15) is 19.3 Å². The summed E-state index contributed by atoms with van der Waals surface area (Å²) >= 11 is 0. The molecule has 0 radical (unpaired) electrons. The highest BCUT2D eigenvalue weighted by atomic mass is 16.6. The second-order valence-corrected chi connectivity index (χ2v) is 8.81. The van der Waals surface area contributed by atoms with Crippen molar-refractivity contribution >= 4 is 10.9 Å². The maximum Gasteiger partial charge on any atom is 0.253 e. The molecule has 1 fully saturated rings. The van der Waals surface area contributed by atoms with Crippen molar-refractivity contribution in [2.45, 2.75) is 32.4 Å². The SMILES string of the molecule is CC(C)(C)n1nnnc1C(c1cc2cc3c(cc2[nH]c1=O)OCCO3)N1CCOCC1. The molecule has 1 aromatic carbocycles. The van der Waals surface area contributed by atoms with Crippen molar-refractivity contribution in [3.8, 4) is 11.5 Å². The van der Waals surface area contributed by atoms with Crippen molar-refractivity contribution in [1.82, 2.24) is 30.1 Å². The van der Waals surface area contributed by atoms with Crippen LogP contribution in [0.25, 0.3) is 10.9 Å². The predicted octanol–water partition coefficient (Wildman–Crippen LogP) is 1.46. The molecule has 0 saturated carbocycles. The number of aromatic amines is 1.